The molecule has 1 rings (SSSR count). The highest BCUT2D eigenvalue weighted by Crippen LogP contribution is 2.25. The maximum atomic E-state index is 11.3. The van der Waals surface area contributed by atoms with E-state index < -0.39 is 5.97 Å². The Hall–Kier alpha value is -0.540. The van der Waals surface area contributed by atoms with Crippen molar-refractivity contribution in [3.05, 3.63) is 33.3 Å². The summed E-state index contributed by atoms with van der Waals surface area (Å²) in [7, 11) is 0. The molecule has 0 N–H and O–H groups in total. The molecule has 13 heavy (non-hydrogen) atoms. The number of hydrogen-bond donors (Lipinski definition) is 0. The molecule has 0 atom stereocenters. The molecule has 1 aromatic rings. The van der Waals surface area contributed by atoms with E-state index in [9.17, 15) is 4.79 Å². The number of carbonyl (C=O) groups is 1. The topological polar surface area (TPSA) is 26.3 Å². The fourth-order valence-corrected chi connectivity index (χ4v) is 1.79. The first-order valence-corrected chi connectivity index (χ1v) is 4.95. The minimum absolute atomic E-state index is 0.344. The van der Waals surface area contributed by atoms with Crippen LogP contribution in [-0.2, 0) is 4.74 Å². The van der Waals surface area contributed by atoms with Gasteiger partial charge in [0.1, 0.15) is 0 Å². The van der Waals surface area contributed by atoms with Crippen molar-refractivity contribution >= 4 is 33.5 Å². The van der Waals surface area contributed by atoms with Crippen molar-refractivity contribution < 1.29 is 9.53 Å². The zero-order chi connectivity index (χ0) is 9.84. The molecule has 0 aliphatic rings. The summed E-state index contributed by atoms with van der Waals surface area (Å²) in [5, 5.41) is 0.396. The number of rotatable bonds is 2. The Morgan fingerprint density at radius 3 is 2.85 bits per heavy atom. The molecule has 70 valence electrons. The Labute approximate surface area is 90.0 Å². The van der Waals surface area contributed by atoms with Gasteiger partial charge in [0.05, 0.1) is 17.2 Å². The van der Waals surface area contributed by atoms with E-state index in [4.69, 9.17) is 16.3 Å². The molecule has 1 aromatic carbocycles. The minimum Gasteiger partial charge on any atom is -0.462 e. The van der Waals surface area contributed by atoms with Crippen molar-refractivity contribution in [2.75, 3.05) is 6.61 Å². The quantitative estimate of drug-likeness (QED) is 0.766. The van der Waals surface area contributed by atoms with Crippen molar-refractivity contribution in [1.29, 1.82) is 0 Å². The number of halogens is 2. The molecule has 2 nitrogen and oxygen atoms in total. The van der Waals surface area contributed by atoms with Gasteiger partial charge in [-0.2, -0.15) is 0 Å². The van der Waals surface area contributed by atoms with Crippen molar-refractivity contribution in [2.45, 2.75) is 6.92 Å². The summed E-state index contributed by atoms with van der Waals surface area (Å²) in [6, 6.07) is 5.16. The maximum Gasteiger partial charge on any atom is 0.340 e. The van der Waals surface area contributed by atoms with Gasteiger partial charge in [-0.25, -0.2) is 4.79 Å². The highest BCUT2D eigenvalue weighted by atomic mass is 79.9. The number of hydrogen-bond acceptors (Lipinski definition) is 2. The van der Waals surface area contributed by atoms with Crippen LogP contribution in [0.5, 0.6) is 0 Å². The molecule has 0 fully saturated rings. The number of benzene rings is 1. The van der Waals surface area contributed by atoms with Gasteiger partial charge in [0.2, 0.25) is 0 Å². The Bertz CT molecular complexity index is 305. The summed E-state index contributed by atoms with van der Waals surface area (Å²) >= 11 is 9.06. The lowest BCUT2D eigenvalue weighted by Crippen LogP contribution is -2.06. The summed E-state index contributed by atoms with van der Waals surface area (Å²) in [4.78, 5) is 11.3. The molecule has 0 spiro atoms. The lowest BCUT2D eigenvalue weighted by atomic mass is 10.2. The zero-order valence-electron chi connectivity index (χ0n) is 7.01. The Morgan fingerprint density at radius 2 is 2.31 bits per heavy atom. The highest BCUT2D eigenvalue weighted by molar-refractivity contribution is 9.10. The number of esters is 1. The van der Waals surface area contributed by atoms with Crippen LogP contribution >= 0.6 is 27.5 Å². The van der Waals surface area contributed by atoms with Crippen LogP contribution in [0.2, 0.25) is 5.02 Å². The molecule has 0 bridgehead atoms. The van der Waals surface area contributed by atoms with Gasteiger partial charge in [0, 0.05) is 4.47 Å². The molecular weight excluding hydrogens is 255 g/mol. The van der Waals surface area contributed by atoms with Crippen LogP contribution in [0.15, 0.2) is 22.7 Å². The van der Waals surface area contributed by atoms with E-state index in [2.05, 4.69) is 15.9 Å². The third kappa shape index (κ3) is 2.45. The van der Waals surface area contributed by atoms with Gasteiger partial charge in [0.15, 0.2) is 0 Å². The Kier molecular flexibility index (Phi) is 3.75. The van der Waals surface area contributed by atoms with Gasteiger partial charge in [-0.05, 0) is 35.0 Å². The number of ether oxygens (including phenoxy) is 1. The first-order valence-electron chi connectivity index (χ1n) is 3.78. The van der Waals surface area contributed by atoms with E-state index in [1.54, 1.807) is 25.1 Å². The molecule has 4 heteroatoms. The third-order valence-electron chi connectivity index (χ3n) is 1.44. The van der Waals surface area contributed by atoms with Gasteiger partial charge in [-0.1, -0.05) is 17.7 Å². The fraction of sp³-hybridized carbons (Fsp3) is 0.222. The SMILES string of the molecule is CCOC(=O)c1c(Cl)cccc1Br. The monoisotopic (exact) mass is 262 g/mol. The van der Waals surface area contributed by atoms with E-state index in [0.717, 1.165) is 0 Å². The van der Waals surface area contributed by atoms with Gasteiger partial charge >= 0.3 is 5.97 Å². The van der Waals surface area contributed by atoms with Crippen molar-refractivity contribution in [3.63, 3.8) is 0 Å². The van der Waals surface area contributed by atoms with E-state index in [1.165, 1.54) is 0 Å². The van der Waals surface area contributed by atoms with Crippen LogP contribution in [0, 0.1) is 0 Å². The van der Waals surface area contributed by atoms with E-state index in [0.29, 0.717) is 21.7 Å². The molecule has 0 aromatic heterocycles. The van der Waals surface area contributed by atoms with Gasteiger partial charge in [-0.15, -0.1) is 0 Å². The largest absolute Gasteiger partial charge is 0.462 e. The second-order valence-corrected chi connectivity index (χ2v) is 3.58. The maximum absolute atomic E-state index is 11.3. The minimum atomic E-state index is -0.403. The summed E-state index contributed by atoms with van der Waals surface area (Å²) in [5.74, 6) is -0.403. The molecule has 0 heterocycles. The van der Waals surface area contributed by atoms with E-state index in [-0.39, 0.29) is 0 Å². The third-order valence-corrected chi connectivity index (χ3v) is 2.42. The summed E-state index contributed by atoms with van der Waals surface area (Å²) in [5.41, 5.74) is 0.381. The fourth-order valence-electron chi connectivity index (χ4n) is 0.896. The first-order chi connectivity index (χ1) is 6.16. The smallest absolute Gasteiger partial charge is 0.340 e. The van der Waals surface area contributed by atoms with E-state index in [1.807, 2.05) is 0 Å². The number of carbonyl (C=O) groups excluding carboxylic acids is 1. The molecule has 0 saturated heterocycles. The molecular formula is C9H8BrClO2. The predicted molar refractivity (Wildman–Crippen MR) is 55.1 cm³/mol. The van der Waals surface area contributed by atoms with Gasteiger partial charge in [0.25, 0.3) is 0 Å². The first kappa shape index (κ1) is 10.5. The van der Waals surface area contributed by atoms with Crippen LogP contribution in [-0.4, -0.2) is 12.6 Å². The molecule has 0 aliphatic heterocycles. The van der Waals surface area contributed by atoms with Gasteiger partial charge in [-0.3, -0.25) is 0 Å². The van der Waals surface area contributed by atoms with Crippen LogP contribution in [0.3, 0.4) is 0 Å². The lowest BCUT2D eigenvalue weighted by molar-refractivity contribution is 0.0525. The Morgan fingerprint density at radius 1 is 1.62 bits per heavy atom. The molecule has 0 aliphatic carbocycles. The predicted octanol–water partition coefficient (Wildman–Crippen LogP) is 3.28. The van der Waals surface area contributed by atoms with Crippen molar-refractivity contribution in [1.82, 2.24) is 0 Å². The lowest BCUT2D eigenvalue weighted by Gasteiger charge is -2.05. The zero-order valence-corrected chi connectivity index (χ0v) is 9.35. The standard InChI is InChI=1S/C9H8BrClO2/c1-2-13-9(12)8-6(10)4-3-5-7(8)11/h3-5H,2H2,1H3. The molecule has 0 unspecified atom stereocenters. The summed E-state index contributed by atoms with van der Waals surface area (Å²) in [6.07, 6.45) is 0. The normalized spacial score (nSPS) is 9.77. The van der Waals surface area contributed by atoms with Gasteiger partial charge < -0.3 is 4.74 Å². The average molecular weight is 264 g/mol. The van der Waals surface area contributed by atoms with Crippen molar-refractivity contribution in [3.8, 4) is 0 Å². The molecule has 0 saturated carbocycles. The highest BCUT2D eigenvalue weighted by Gasteiger charge is 2.14. The molecule has 0 amide bonds. The average Bonchev–Trinajstić information content (AvgIpc) is 2.04. The second-order valence-electron chi connectivity index (χ2n) is 2.32. The van der Waals surface area contributed by atoms with Crippen LogP contribution in [0.25, 0.3) is 0 Å². The van der Waals surface area contributed by atoms with Crippen LogP contribution in [0.1, 0.15) is 17.3 Å². The second kappa shape index (κ2) is 4.63. The van der Waals surface area contributed by atoms with Crippen LogP contribution in [0.4, 0.5) is 0 Å². The summed E-state index contributed by atoms with van der Waals surface area (Å²) in [6.45, 7) is 2.10. The molecule has 0 radical (unpaired) electrons. The Balaban J connectivity index is 3.05. The van der Waals surface area contributed by atoms with Crippen LogP contribution < -0.4 is 0 Å². The van der Waals surface area contributed by atoms with E-state index >= 15 is 0 Å². The van der Waals surface area contributed by atoms with Crippen molar-refractivity contribution in [2.24, 2.45) is 0 Å². The summed E-state index contributed by atoms with van der Waals surface area (Å²) < 4.78 is 5.49.